The van der Waals surface area contributed by atoms with E-state index in [9.17, 15) is 29.8 Å². The van der Waals surface area contributed by atoms with Crippen molar-refractivity contribution >= 4 is 31.4 Å². The Kier molecular flexibility index (Phi) is 7.45. The molecule has 0 N–H and O–H groups in total. The molecule has 1 aromatic rings. The second kappa shape index (κ2) is 9.18. The maximum Gasteiger partial charge on any atom is 0.339 e. The molecule has 1 saturated carbocycles. The fourth-order valence-corrected chi connectivity index (χ4v) is 5.42. The van der Waals surface area contributed by atoms with E-state index >= 15 is 0 Å². The molecular weight excluding hydrogens is 460 g/mol. The summed E-state index contributed by atoms with van der Waals surface area (Å²) >= 11 is 0. The Morgan fingerprint density at radius 2 is 1.53 bits per heavy atom. The number of nitrogens with zero attached hydrogens (tertiary/aromatic N) is 2. The lowest BCUT2D eigenvalue weighted by atomic mass is 9.67. The van der Waals surface area contributed by atoms with Crippen LogP contribution in [0.5, 0.6) is 0 Å². The summed E-state index contributed by atoms with van der Waals surface area (Å²) < 4.78 is 11.7. The van der Waals surface area contributed by atoms with Crippen LogP contribution in [0.1, 0.15) is 64.7 Å². The van der Waals surface area contributed by atoms with Crippen LogP contribution in [0.3, 0.4) is 0 Å². The third-order valence-corrected chi connectivity index (χ3v) is 12.2. The quantitative estimate of drug-likeness (QED) is 0.201. The molecule has 2 rings (SSSR count). The van der Waals surface area contributed by atoms with Gasteiger partial charge in [-0.25, -0.2) is 4.79 Å². The molecule has 188 valence electrons. The number of hydrogen-bond acceptors (Lipinski definition) is 8. The Hall–Kier alpha value is -2.66. The number of carbonyl (C=O) groups is 2. The van der Waals surface area contributed by atoms with Crippen molar-refractivity contribution in [1.82, 2.24) is 0 Å². The van der Waals surface area contributed by atoms with E-state index in [1.807, 2.05) is 20.8 Å². The summed E-state index contributed by atoms with van der Waals surface area (Å²) in [6.07, 6.45) is 1.08. The molecule has 0 aliphatic heterocycles. The molecule has 0 radical (unpaired) electrons. The summed E-state index contributed by atoms with van der Waals surface area (Å²) in [5.74, 6) is -1.32. The van der Waals surface area contributed by atoms with Crippen LogP contribution < -0.4 is 0 Å². The van der Waals surface area contributed by atoms with E-state index in [1.54, 1.807) is 0 Å². The average Bonchev–Trinajstić information content (AvgIpc) is 2.92. The first-order valence-corrected chi connectivity index (χ1v) is 14.0. The fourth-order valence-electron chi connectivity index (χ4n) is 4.06. The fraction of sp³-hybridized carbons (Fsp3) is 0.652. The predicted octanol–water partition coefficient (Wildman–Crippen LogP) is 5.45. The van der Waals surface area contributed by atoms with E-state index in [-0.39, 0.29) is 22.5 Å². The summed E-state index contributed by atoms with van der Waals surface area (Å²) in [7, 11) is -2.05. The number of nitro groups is 2. The lowest BCUT2D eigenvalue weighted by Crippen LogP contribution is -2.44. The highest BCUT2D eigenvalue weighted by Gasteiger charge is 2.56. The number of benzene rings is 1. The van der Waals surface area contributed by atoms with Gasteiger partial charge in [-0.2, -0.15) is 0 Å². The molecule has 2 atom stereocenters. The second-order valence-corrected chi connectivity index (χ2v) is 16.1. The van der Waals surface area contributed by atoms with Gasteiger partial charge in [0, 0.05) is 23.7 Å². The second-order valence-electron chi connectivity index (χ2n) is 11.4. The van der Waals surface area contributed by atoms with E-state index in [2.05, 4.69) is 33.9 Å². The van der Waals surface area contributed by atoms with Crippen molar-refractivity contribution < 1.29 is 28.6 Å². The van der Waals surface area contributed by atoms with Crippen molar-refractivity contribution in [3.8, 4) is 0 Å². The van der Waals surface area contributed by atoms with Gasteiger partial charge in [-0.05, 0) is 36.4 Å². The minimum atomic E-state index is -2.05. The third-order valence-electron chi connectivity index (χ3n) is 7.64. The van der Waals surface area contributed by atoms with E-state index in [0.717, 1.165) is 18.2 Å². The largest absolute Gasteiger partial charge is 0.454 e. The Morgan fingerprint density at radius 3 is 1.97 bits per heavy atom. The number of ether oxygens (including phenoxy) is 1. The zero-order chi connectivity index (χ0) is 26.3. The summed E-state index contributed by atoms with van der Waals surface area (Å²) in [5.41, 5.74) is -2.80. The number of esters is 1. The van der Waals surface area contributed by atoms with Gasteiger partial charge in [-0.3, -0.25) is 25.0 Å². The monoisotopic (exact) mass is 494 g/mol. The maximum atomic E-state index is 13.2. The molecule has 0 bridgehead atoms. The molecule has 0 unspecified atom stereocenters. The Bertz CT molecular complexity index is 982. The highest BCUT2D eigenvalue weighted by molar-refractivity contribution is 6.74. The molecule has 0 heterocycles. The molecule has 11 heteroatoms. The van der Waals surface area contributed by atoms with Crippen LogP contribution in [0.15, 0.2) is 18.2 Å². The van der Waals surface area contributed by atoms with Gasteiger partial charge in [0.1, 0.15) is 0 Å². The van der Waals surface area contributed by atoms with Crippen molar-refractivity contribution in [2.24, 2.45) is 10.8 Å². The molecule has 0 spiro atoms. The molecule has 0 saturated heterocycles. The number of Topliss-reactive ketones (excluding diaryl/α,β-unsaturated/α-hetero) is 1. The first-order valence-electron chi connectivity index (χ1n) is 11.1. The smallest absolute Gasteiger partial charge is 0.339 e. The van der Waals surface area contributed by atoms with Crippen molar-refractivity contribution in [2.45, 2.75) is 78.6 Å². The minimum Gasteiger partial charge on any atom is -0.454 e. The van der Waals surface area contributed by atoms with Gasteiger partial charge in [-0.1, -0.05) is 41.5 Å². The molecule has 1 fully saturated rings. The molecule has 1 aliphatic rings. The van der Waals surface area contributed by atoms with Crippen LogP contribution in [-0.2, 0) is 14.0 Å². The van der Waals surface area contributed by atoms with Gasteiger partial charge in [0.05, 0.1) is 21.5 Å². The van der Waals surface area contributed by atoms with Crippen molar-refractivity contribution in [2.75, 3.05) is 6.61 Å². The topological polar surface area (TPSA) is 139 Å². The van der Waals surface area contributed by atoms with Crippen molar-refractivity contribution in [1.29, 1.82) is 0 Å². The summed E-state index contributed by atoms with van der Waals surface area (Å²) in [4.78, 5) is 46.2. The van der Waals surface area contributed by atoms with Crippen LogP contribution in [0, 0.1) is 31.1 Å². The SMILES string of the molecule is CC1(C)C[C@@H](O[Si](C)(C)C(C)(C)C)C[C@]1(C)C(=O)COC(=O)c1cc([N+](=O)[O-])cc([N+](=O)[O-])c1. The molecular formula is C23H34N2O8Si. The zero-order valence-electron chi connectivity index (χ0n) is 21.1. The van der Waals surface area contributed by atoms with E-state index < -0.39 is 52.9 Å². The predicted molar refractivity (Wildman–Crippen MR) is 128 cm³/mol. The highest BCUT2D eigenvalue weighted by Crippen LogP contribution is 2.55. The van der Waals surface area contributed by atoms with Gasteiger partial charge in [0.2, 0.25) is 0 Å². The third kappa shape index (κ3) is 5.52. The molecule has 34 heavy (non-hydrogen) atoms. The summed E-state index contributed by atoms with van der Waals surface area (Å²) in [6, 6.07) is 2.54. The average molecular weight is 495 g/mol. The first-order chi connectivity index (χ1) is 15.3. The number of ketones is 1. The van der Waals surface area contributed by atoms with E-state index in [0.29, 0.717) is 12.8 Å². The summed E-state index contributed by atoms with van der Waals surface area (Å²) in [5, 5.41) is 22.2. The van der Waals surface area contributed by atoms with E-state index in [1.165, 1.54) is 0 Å². The van der Waals surface area contributed by atoms with Crippen LogP contribution in [0.2, 0.25) is 18.1 Å². The van der Waals surface area contributed by atoms with Crippen LogP contribution >= 0.6 is 0 Å². The number of carbonyl (C=O) groups excluding carboxylic acids is 2. The maximum absolute atomic E-state index is 13.2. The van der Waals surface area contributed by atoms with Crippen LogP contribution in [-0.4, -0.2) is 42.6 Å². The molecule has 1 aromatic carbocycles. The van der Waals surface area contributed by atoms with E-state index in [4.69, 9.17) is 9.16 Å². The van der Waals surface area contributed by atoms with Crippen molar-refractivity contribution in [3.05, 3.63) is 44.0 Å². The number of non-ortho nitro benzene ring substituents is 2. The van der Waals surface area contributed by atoms with Crippen LogP contribution in [0.25, 0.3) is 0 Å². The Morgan fingerprint density at radius 1 is 1.03 bits per heavy atom. The molecule has 0 amide bonds. The highest BCUT2D eigenvalue weighted by atomic mass is 28.4. The Balaban J connectivity index is 2.17. The first kappa shape index (κ1) is 27.6. The van der Waals surface area contributed by atoms with Gasteiger partial charge in [0.15, 0.2) is 20.7 Å². The normalized spacial score (nSPS) is 22.3. The van der Waals surface area contributed by atoms with Gasteiger partial charge in [-0.15, -0.1) is 0 Å². The number of nitro benzene ring substituents is 2. The van der Waals surface area contributed by atoms with Crippen LogP contribution in [0.4, 0.5) is 11.4 Å². The van der Waals surface area contributed by atoms with Gasteiger partial charge < -0.3 is 9.16 Å². The standard InChI is InChI=1S/C23H34N2O8Si/c1-21(2,3)34(7,8)33-18-12-22(4,5)23(6,13-18)19(26)14-32-20(27)15-9-16(24(28)29)11-17(10-15)25(30)31/h9-11,18H,12-14H2,1-8H3/t18-,23-/m1/s1. The van der Waals surface area contributed by atoms with Gasteiger partial charge in [0.25, 0.3) is 11.4 Å². The molecule has 1 aliphatic carbocycles. The summed E-state index contributed by atoms with van der Waals surface area (Å²) in [6.45, 7) is 16.1. The van der Waals surface area contributed by atoms with Gasteiger partial charge >= 0.3 is 5.97 Å². The molecule has 10 nitrogen and oxygen atoms in total. The number of rotatable bonds is 8. The lowest BCUT2D eigenvalue weighted by molar-refractivity contribution is -0.394. The van der Waals surface area contributed by atoms with Crippen molar-refractivity contribution in [3.63, 3.8) is 0 Å². The zero-order valence-corrected chi connectivity index (χ0v) is 22.1. The minimum absolute atomic E-state index is 0.0244. The molecule has 0 aromatic heterocycles. The lowest BCUT2D eigenvalue weighted by Gasteiger charge is -2.38. The Labute approximate surface area is 200 Å². The number of hydrogen-bond donors (Lipinski definition) is 0.